The summed E-state index contributed by atoms with van der Waals surface area (Å²) in [7, 11) is 1.19. The Kier molecular flexibility index (Phi) is 24.9. The van der Waals surface area contributed by atoms with Gasteiger partial charge < -0.3 is 56.2 Å². The van der Waals surface area contributed by atoms with Crippen LogP contribution in [-0.2, 0) is 52.5 Å². The molecule has 0 radical (unpaired) electrons. The molecule has 1 aliphatic rings. The topological polar surface area (TPSA) is 258 Å². The molecular weight excluding hydrogens is 831 g/mol. The molecule has 7 N–H and O–H groups in total. The molecule has 1 saturated heterocycles. The molecule has 0 saturated carbocycles. The summed E-state index contributed by atoms with van der Waals surface area (Å²) in [5, 5.41) is 19.1. The molecule has 7 amide bonds. The van der Waals surface area contributed by atoms with E-state index in [1.807, 2.05) is 55.4 Å². The quantitative estimate of drug-likeness (QED) is 0.124. The molecule has 64 heavy (non-hydrogen) atoms. The highest BCUT2D eigenvalue weighted by Crippen LogP contribution is 2.15. The predicted molar refractivity (Wildman–Crippen MR) is 240 cm³/mol. The molecule has 0 aromatic carbocycles. The Morgan fingerprint density at radius 3 is 1.73 bits per heavy atom. The van der Waals surface area contributed by atoms with Crippen LogP contribution in [0.2, 0.25) is 0 Å². The van der Waals surface area contributed by atoms with Crippen LogP contribution < -0.4 is 37.2 Å². The van der Waals surface area contributed by atoms with Gasteiger partial charge in [0.05, 0.1) is 13.7 Å². The van der Waals surface area contributed by atoms with Crippen molar-refractivity contribution >= 4 is 47.5 Å². The van der Waals surface area contributed by atoms with Crippen molar-refractivity contribution in [1.82, 2.24) is 37.2 Å². The van der Waals surface area contributed by atoms with Gasteiger partial charge in [-0.25, -0.2) is 9.59 Å². The third kappa shape index (κ3) is 22.9. The smallest absolute Gasteiger partial charge is 0.408 e. The normalized spacial score (nSPS) is 22.4. The van der Waals surface area contributed by atoms with Gasteiger partial charge >= 0.3 is 12.1 Å². The second-order valence-corrected chi connectivity index (χ2v) is 19.8. The first-order chi connectivity index (χ1) is 29.6. The van der Waals surface area contributed by atoms with Crippen molar-refractivity contribution in [3.05, 3.63) is 0 Å². The van der Waals surface area contributed by atoms with Gasteiger partial charge in [0.25, 0.3) is 0 Å². The lowest BCUT2D eigenvalue weighted by molar-refractivity contribution is -0.147. The first-order valence-corrected chi connectivity index (χ1v) is 22.7. The molecule has 368 valence electrons. The maximum absolute atomic E-state index is 14.1. The fraction of sp³-hybridized carbons (Fsp3) is 0.822. The summed E-state index contributed by atoms with van der Waals surface area (Å²) in [5.74, 6) is -4.91. The molecule has 6 atom stereocenters. The van der Waals surface area contributed by atoms with E-state index in [-0.39, 0.29) is 82.2 Å². The Morgan fingerprint density at radius 2 is 1.22 bits per heavy atom. The average Bonchev–Trinajstić information content (AvgIpc) is 3.15. The molecule has 0 spiro atoms. The van der Waals surface area contributed by atoms with Crippen molar-refractivity contribution < 1.29 is 57.3 Å². The number of carbonyl (C=O) groups is 8. The number of amides is 7. The standard InChI is InChI=1S/C45H81N7O12/c1-26(2)21-31(48-39(56)34(24-29(7)8)51-43(60)64-44(9,10)11)36(53)46-30-17-20-62-18-15-16-19-63-25-35(41(58)61-14)49-37(54)32(22-27(3)4)47-38(55)33(23-28(5)6)50-42(59)45(12,13)52-40(30)57/h26-35H,15-25H2,1-14H3,(H,46,53)(H,47,55)(H,48,56)(H,49,54)(H,50,59)(H,51,60)(H,52,57)/t30-,31-,32?,33-,34-,35?/m0/s1. The Hall–Kier alpha value is -4.52. The van der Waals surface area contributed by atoms with Crippen LogP contribution in [0.15, 0.2) is 0 Å². The number of ether oxygens (including phenoxy) is 4. The highest BCUT2D eigenvalue weighted by molar-refractivity contribution is 5.98. The number of esters is 1. The first-order valence-electron chi connectivity index (χ1n) is 22.7. The zero-order valence-corrected chi connectivity index (χ0v) is 41.0. The van der Waals surface area contributed by atoms with E-state index < -0.39 is 94.9 Å². The van der Waals surface area contributed by atoms with Gasteiger partial charge in [0, 0.05) is 19.8 Å². The van der Waals surface area contributed by atoms with Crippen LogP contribution in [0.4, 0.5) is 4.79 Å². The fourth-order valence-electron chi connectivity index (χ4n) is 6.63. The first kappa shape index (κ1) is 57.5. The molecule has 0 bridgehead atoms. The van der Waals surface area contributed by atoms with Crippen molar-refractivity contribution in [2.75, 3.05) is 33.5 Å². The van der Waals surface area contributed by atoms with Crippen molar-refractivity contribution in [2.24, 2.45) is 23.7 Å². The summed E-state index contributed by atoms with van der Waals surface area (Å²) < 4.78 is 21.9. The van der Waals surface area contributed by atoms with Gasteiger partial charge in [-0.15, -0.1) is 0 Å². The van der Waals surface area contributed by atoms with Crippen molar-refractivity contribution in [3.63, 3.8) is 0 Å². The third-order valence-electron chi connectivity index (χ3n) is 9.82. The zero-order valence-electron chi connectivity index (χ0n) is 41.0. The van der Waals surface area contributed by atoms with E-state index in [0.29, 0.717) is 12.8 Å². The van der Waals surface area contributed by atoms with Gasteiger partial charge in [0.2, 0.25) is 35.4 Å². The summed E-state index contributed by atoms with van der Waals surface area (Å²) in [6.07, 6.45) is 1.10. The minimum atomic E-state index is -1.63. The number of carbonyl (C=O) groups excluding carboxylic acids is 8. The molecule has 1 heterocycles. The SMILES string of the molecule is COC(=O)C1COCCCCOCC[C@H](NC(=O)[C@H](CC(C)C)NC(=O)[C@H](CC(C)C)NC(=O)OC(C)(C)C)C(=O)NC(C)(C)C(=O)N[C@@H](CC(C)C)C(=O)NC(CC(C)C)C(=O)N1. The van der Waals surface area contributed by atoms with Gasteiger partial charge in [0.1, 0.15) is 41.3 Å². The van der Waals surface area contributed by atoms with E-state index in [9.17, 15) is 38.4 Å². The summed E-state index contributed by atoms with van der Waals surface area (Å²) in [6, 6.07) is -6.73. The van der Waals surface area contributed by atoms with Crippen LogP contribution >= 0.6 is 0 Å². The largest absolute Gasteiger partial charge is 0.467 e. The Labute approximate surface area is 380 Å². The number of hydrogen-bond donors (Lipinski definition) is 7. The van der Waals surface area contributed by atoms with Gasteiger partial charge in [-0.1, -0.05) is 55.4 Å². The van der Waals surface area contributed by atoms with Gasteiger partial charge in [-0.3, -0.25) is 28.8 Å². The number of methoxy groups -OCH3 is 1. The summed E-state index contributed by atoms with van der Waals surface area (Å²) >= 11 is 0. The Bertz CT molecular complexity index is 1550. The van der Waals surface area contributed by atoms with Crippen molar-refractivity contribution in [3.8, 4) is 0 Å². The molecule has 1 rings (SSSR count). The van der Waals surface area contributed by atoms with Crippen LogP contribution in [0.3, 0.4) is 0 Å². The maximum atomic E-state index is 14.1. The number of hydrogen-bond acceptors (Lipinski definition) is 12. The molecule has 1 fully saturated rings. The Balaban J connectivity index is 3.53. The molecule has 1 aliphatic heterocycles. The predicted octanol–water partition coefficient (Wildman–Crippen LogP) is 2.77. The van der Waals surface area contributed by atoms with Crippen molar-refractivity contribution in [2.45, 2.75) is 182 Å². The number of rotatable bonds is 14. The van der Waals surface area contributed by atoms with Crippen LogP contribution in [0.25, 0.3) is 0 Å². The maximum Gasteiger partial charge on any atom is 0.408 e. The molecule has 0 aromatic rings. The van der Waals surface area contributed by atoms with Crippen molar-refractivity contribution in [1.29, 1.82) is 0 Å². The van der Waals surface area contributed by atoms with E-state index in [0.717, 1.165) is 0 Å². The zero-order chi connectivity index (χ0) is 48.9. The monoisotopic (exact) mass is 912 g/mol. The van der Waals surface area contributed by atoms with Crippen LogP contribution in [0.1, 0.15) is 135 Å². The highest BCUT2D eigenvalue weighted by Gasteiger charge is 2.38. The lowest BCUT2D eigenvalue weighted by Gasteiger charge is -2.32. The van der Waals surface area contributed by atoms with E-state index in [2.05, 4.69) is 37.2 Å². The molecule has 19 nitrogen and oxygen atoms in total. The van der Waals surface area contributed by atoms with E-state index in [1.54, 1.807) is 20.8 Å². The second kappa shape index (κ2) is 27.7. The second-order valence-electron chi connectivity index (χ2n) is 19.8. The lowest BCUT2D eigenvalue weighted by Crippen LogP contribution is -2.63. The summed E-state index contributed by atoms with van der Waals surface area (Å²) in [5.41, 5.74) is -2.44. The fourth-order valence-corrected chi connectivity index (χ4v) is 6.63. The van der Waals surface area contributed by atoms with Gasteiger partial charge in [-0.05, 0) is 103 Å². The average molecular weight is 912 g/mol. The van der Waals surface area contributed by atoms with Gasteiger partial charge in [0.15, 0.2) is 6.04 Å². The number of nitrogens with one attached hydrogen (secondary N) is 7. The minimum absolute atomic E-state index is 0.00712. The summed E-state index contributed by atoms with van der Waals surface area (Å²) in [4.78, 5) is 109. The third-order valence-corrected chi connectivity index (χ3v) is 9.82. The van der Waals surface area contributed by atoms with Crippen LogP contribution in [0.5, 0.6) is 0 Å². The molecular formula is C45H81N7O12. The molecule has 19 heteroatoms. The van der Waals surface area contributed by atoms with E-state index in [1.165, 1.54) is 21.0 Å². The molecule has 2 unspecified atom stereocenters. The van der Waals surface area contributed by atoms with Crippen LogP contribution in [-0.4, -0.2) is 128 Å². The molecule has 0 aliphatic carbocycles. The molecule has 0 aromatic heterocycles. The summed E-state index contributed by atoms with van der Waals surface area (Å²) in [6.45, 7) is 23.3. The van der Waals surface area contributed by atoms with E-state index >= 15 is 0 Å². The van der Waals surface area contributed by atoms with Crippen LogP contribution in [0, 0.1) is 23.7 Å². The Morgan fingerprint density at radius 1 is 0.703 bits per heavy atom. The number of alkyl carbamates (subject to hydrolysis) is 1. The van der Waals surface area contributed by atoms with Gasteiger partial charge in [-0.2, -0.15) is 0 Å². The highest BCUT2D eigenvalue weighted by atomic mass is 16.6. The minimum Gasteiger partial charge on any atom is -0.467 e. The lowest BCUT2D eigenvalue weighted by atomic mass is 9.97. The van der Waals surface area contributed by atoms with E-state index in [4.69, 9.17) is 18.9 Å².